The van der Waals surface area contributed by atoms with Crippen LogP contribution in [0.2, 0.25) is 0 Å². The number of rotatable bonds is 3. The number of hydrogen-bond donors (Lipinski definition) is 1. The molecule has 6 heteroatoms. The van der Waals surface area contributed by atoms with Crippen LogP contribution >= 0.6 is 11.8 Å². The quantitative estimate of drug-likeness (QED) is 0.904. The smallest absolute Gasteiger partial charge is 0.228 e. The predicted octanol–water partition coefficient (Wildman–Crippen LogP) is 1.86. The van der Waals surface area contributed by atoms with Crippen LogP contribution in [0.1, 0.15) is 31.6 Å². The zero-order valence-electron chi connectivity index (χ0n) is 10.4. The van der Waals surface area contributed by atoms with E-state index in [4.69, 9.17) is 4.52 Å². The number of amidine groups is 1. The first-order valence-corrected chi connectivity index (χ1v) is 7.52. The molecule has 1 aromatic heterocycles. The minimum Gasteiger partial charge on any atom is -0.364 e. The molecule has 1 aliphatic carbocycles. The molecule has 0 bridgehead atoms. The maximum absolute atomic E-state index is 4.95. The van der Waals surface area contributed by atoms with Crippen LogP contribution in [0.25, 0.3) is 0 Å². The van der Waals surface area contributed by atoms with Crippen LogP contribution in [0.5, 0.6) is 0 Å². The van der Waals surface area contributed by atoms with Crippen molar-refractivity contribution in [2.45, 2.75) is 32.1 Å². The zero-order valence-corrected chi connectivity index (χ0v) is 11.2. The van der Waals surface area contributed by atoms with Crippen LogP contribution < -0.4 is 5.32 Å². The van der Waals surface area contributed by atoms with Gasteiger partial charge < -0.3 is 9.84 Å². The second kappa shape index (κ2) is 5.30. The van der Waals surface area contributed by atoms with Crippen molar-refractivity contribution in [3.05, 3.63) is 12.2 Å². The van der Waals surface area contributed by atoms with E-state index in [2.05, 4.69) is 20.4 Å². The van der Waals surface area contributed by atoms with Gasteiger partial charge in [0.2, 0.25) is 5.89 Å². The molecule has 0 radical (unpaired) electrons. The van der Waals surface area contributed by atoms with Crippen LogP contribution in [-0.4, -0.2) is 34.2 Å². The Morgan fingerprint density at radius 3 is 2.94 bits per heavy atom. The summed E-state index contributed by atoms with van der Waals surface area (Å²) in [6.07, 6.45) is 7.68. The summed E-state index contributed by atoms with van der Waals surface area (Å²) >= 11 is 1.87. The van der Waals surface area contributed by atoms with Gasteiger partial charge in [0.1, 0.15) is 0 Å². The standard InChI is InChI=1S/C12H18N4OS/c1-2-5-12(4-1)7-14-11(18-8-12)13-6-3-10-15-9-16-17-10/h9H,1-8H2,(H,13,14). The molecule has 0 aromatic carbocycles. The van der Waals surface area contributed by atoms with E-state index >= 15 is 0 Å². The molecule has 2 heterocycles. The predicted molar refractivity (Wildman–Crippen MR) is 71.7 cm³/mol. The lowest BCUT2D eigenvalue weighted by Gasteiger charge is -2.31. The molecule has 1 fully saturated rings. The zero-order chi connectivity index (χ0) is 12.3. The first-order chi connectivity index (χ1) is 8.86. The first-order valence-electron chi connectivity index (χ1n) is 6.53. The van der Waals surface area contributed by atoms with Crippen molar-refractivity contribution >= 4 is 16.9 Å². The van der Waals surface area contributed by atoms with E-state index < -0.39 is 0 Å². The number of aromatic nitrogens is 2. The molecule has 1 aliphatic heterocycles. The van der Waals surface area contributed by atoms with E-state index in [9.17, 15) is 0 Å². The molecule has 1 spiro atoms. The molecule has 0 amide bonds. The van der Waals surface area contributed by atoms with E-state index in [1.807, 2.05) is 11.8 Å². The summed E-state index contributed by atoms with van der Waals surface area (Å²) in [5.74, 6) is 1.90. The van der Waals surface area contributed by atoms with Crippen LogP contribution in [0.4, 0.5) is 0 Å². The number of aliphatic imine (C=N–C) groups is 1. The van der Waals surface area contributed by atoms with E-state index in [-0.39, 0.29) is 0 Å². The van der Waals surface area contributed by atoms with Crippen molar-refractivity contribution < 1.29 is 4.52 Å². The summed E-state index contributed by atoms with van der Waals surface area (Å²) in [6.45, 7) is 1.81. The topological polar surface area (TPSA) is 63.3 Å². The summed E-state index contributed by atoms with van der Waals surface area (Å²) in [7, 11) is 0. The summed E-state index contributed by atoms with van der Waals surface area (Å²) in [4.78, 5) is 8.68. The second-order valence-corrected chi connectivity index (χ2v) is 6.09. The molecule has 1 saturated carbocycles. The molecule has 1 N–H and O–H groups in total. The molecule has 0 atom stereocenters. The third kappa shape index (κ3) is 2.68. The minimum absolute atomic E-state index is 0.516. The Balaban J connectivity index is 1.45. The molecule has 98 valence electrons. The molecule has 0 unspecified atom stereocenters. The van der Waals surface area contributed by atoms with Crippen molar-refractivity contribution in [2.75, 3.05) is 18.8 Å². The number of hydrogen-bond acceptors (Lipinski definition) is 6. The highest BCUT2D eigenvalue weighted by Crippen LogP contribution is 2.43. The summed E-state index contributed by atoms with van der Waals surface area (Å²) in [5.41, 5.74) is 0.516. The van der Waals surface area contributed by atoms with Crippen molar-refractivity contribution in [1.29, 1.82) is 0 Å². The van der Waals surface area contributed by atoms with Gasteiger partial charge in [-0.3, -0.25) is 4.99 Å². The molecule has 3 rings (SSSR count). The molecular formula is C12H18N4OS. The fourth-order valence-electron chi connectivity index (χ4n) is 2.67. The van der Waals surface area contributed by atoms with Gasteiger partial charge in [-0.05, 0) is 18.3 Å². The second-order valence-electron chi connectivity index (χ2n) is 5.13. The number of thioether (sulfide) groups is 1. The Morgan fingerprint density at radius 2 is 2.28 bits per heavy atom. The Hall–Kier alpha value is -1.04. The van der Waals surface area contributed by atoms with Crippen LogP contribution in [0, 0.1) is 5.41 Å². The van der Waals surface area contributed by atoms with Crippen molar-refractivity contribution in [3.8, 4) is 0 Å². The van der Waals surface area contributed by atoms with Crippen LogP contribution in [0.3, 0.4) is 0 Å². The lowest BCUT2D eigenvalue weighted by molar-refractivity contribution is 0.358. The van der Waals surface area contributed by atoms with Crippen LogP contribution in [0.15, 0.2) is 15.8 Å². The maximum Gasteiger partial charge on any atom is 0.228 e. The molecule has 2 aliphatic rings. The molecule has 0 saturated heterocycles. The number of nitrogens with zero attached hydrogens (tertiary/aromatic N) is 3. The fourth-order valence-corrected chi connectivity index (χ4v) is 3.85. The van der Waals surface area contributed by atoms with E-state index in [1.165, 1.54) is 37.8 Å². The van der Waals surface area contributed by atoms with E-state index in [0.717, 1.165) is 24.7 Å². The third-order valence-corrected chi connectivity index (χ3v) is 5.06. The SMILES string of the molecule is c1noc(CCNC2=NCC3(CCCC3)CS2)n1. The summed E-state index contributed by atoms with van der Waals surface area (Å²) in [5, 5.41) is 8.01. The summed E-state index contributed by atoms with van der Waals surface area (Å²) < 4.78 is 4.95. The Labute approximate surface area is 111 Å². The maximum atomic E-state index is 4.95. The number of nitrogens with one attached hydrogen (secondary N) is 1. The monoisotopic (exact) mass is 266 g/mol. The van der Waals surface area contributed by atoms with Gasteiger partial charge in [0.05, 0.1) is 0 Å². The molecule has 1 aromatic rings. The van der Waals surface area contributed by atoms with Gasteiger partial charge in [0, 0.05) is 25.3 Å². The van der Waals surface area contributed by atoms with Crippen molar-refractivity contribution in [1.82, 2.24) is 15.5 Å². The van der Waals surface area contributed by atoms with Gasteiger partial charge in [-0.15, -0.1) is 0 Å². The first kappa shape index (κ1) is 12.0. The van der Waals surface area contributed by atoms with Gasteiger partial charge in [0.25, 0.3) is 0 Å². The highest BCUT2D eigenvalue weighted by Gasteiger charge is 2.36. The Morgan fingerprint density at radius 1 is 1.39 bits per heavy atom. The van der Waals surface area contributed by atoms with E-state index in [1.54, 1.807) is 0 Å². The van der Waals surface area contributed by atoms with E-state index in [0.29, 0.717) is 11.3 Å². The van der Waals surface area contributed by atoms with Crippen molar-refractivity contribution in [2.24, 2.45) is 10.4 Å². The Kier molecular flexibility index (Phi) is 3.54. The highest BCUT2D eigenvalue weighted by atomic mass is 32.2. The fraction of sp³-hybridized carbons (Fsp3) is 0.750. The molecule has 5 nitrogen and oxygen atoms in total. The normalized spacial score (nSPS) is 22.1. The van der Waals surface area contributed by atoms with Crippen molar-refractivity contribution in [3.63, 3.8) is 0 Å². The van der Waals surface area contributed by atoms with Crippen LogP contribution in [-0.2, 0) is 6.42 Å². The Bertz CT molecular complexity index is 412. The third-order valence-electron chi connectivity index (χ3n) is 3.76. The average Bonchev–Trinajstić information content (AvgIpc) is 3.04. The van der Waals surface area contributed by atoms with Gasteiger partial charge in [-0.2, -0.15) is 4.98 Å². The lowest BCUT2D eigenvalue weighted by atomic mass is 9.89. The lowest BCUT2D eigenvalue weighted by Crippen LogP contribution is -2.34. The molecular weight excluding hydrogens is 248 g/mol. The minimum atomic E-state index is 0.516. The van der Waals surface area contributed by atoms with Gasteiger partial charge in [-0.25, -0.2) is 0 Å². The summed E-state index contributed by atoms with van der Waals surface area (Å²) in [6, 6.07) is 0. The van der Waals surface area contributed by atoms with Gasteiger partial charge in [-0.1, -0.05) is 29.8 Å². The van der Waals surface area contributed by atoms with Gasteiger partial charge >= 0.3 is 0 Å². The van der Waals surface area contributed by atoms with Gasteiger partial charge in [0.15, 0.2) is 11.5 Å². The largest absolute Gasteiger partial charge is 0.364 e. The molecule has 18 heavy (non-hydrogen) atoms. The average molecular weight is 266 g/mol. The highest BCUT2D eigenvalue weighted by molar-refractivity contribution is 8.13.